The summed E-state index contributed by atoms with van der Waals surface area (Å²) in [7, 11) is 0. The summed E-state index contributed by atoms with van der Waals surface area (Å²) in [6, 6.07) is 10.7. The molecular formula is C8H10PS3+. The van der Waals surface area contributed by atoms with Gasteiger partial charge in [-0.1, -0.05) is 18.2 Å². The standard InChI is InChI=1S/C8H10PS3/c10-9(11-6-7-12-9)8-4-2-1-3-5-8/h1-5,10H,6-7H2/q+1. The van der Waals surface area contributed by atoms with E-state index in [1.54, 1.807) is 0 Å². The molecule has 2 rings (SSSR count). The van der Waals surface area contributed by atoms with E-state index in [1.165, 1.54) is 16.8 Å². The zero-order chi connectivity index (χ0) is 8.44. The fourth-order valence-electron chi connectivity index (χ4n) is 1.12. The molecule has 0 aliphatic carbocycles. The van der Waals surface area contributed by atoms with Gasteiger partial charge in [-0.15, -0.1) is 0 Å². The van der Waals surface area contributed by atoms with Crippen molar-refractivity contribution in [2.45, 2.75) is 0 Å². The molecule has 0 radical (unpaired) electrons. The Bertz CT molecular complexity index is 256. The maximum atomic E-state index is 4.81. The summed E-state index contributed by atoms with van der Waals surface area (Å²) in [6.45, 7) is 0. The van der Waals surface area contributed by atoms with Crippen LogP contribution in [0.2, 0.25) is 0 Å². The first kappa shape index (κ1) is 9.26. The van der Waals surface area contributed by atoms with E-state index in [4.69, 9.17) is 12.2 Å². The summed E-state index contributed by atoms with van der Waals surface area (Å²) in [5, 5.41) is 1.43. The Morgan fingerprint density at radius 3 is 2.25 bits per heavy atom. The second kappa shape index (κ2) is 3.83. The van der Waals surface area contributed by atoms with Crippen LogP contribution in [0.1, 0.15) is 0 Å². The average molecular weight is 233 g/mol. The quantitative estimate of drug-likeness (QED) is 0.582. The molecule has 1 saturated heterocycles. The molecule has 1 aromatic carbocycles. The summed E-state index contributed by atoms with van der Waals surface area (Å²) in [4.78, 5) is -1.14. The first-order valence-corrected chi connectivity index (χ1v) is 9.90. The summed E-state index contributed by atoms with van der Waals surface area (Å²) in [5.74, 6) is 2.52. The predicted molar refractivity (Wildman–Crippen MR) is 66.9 cm³/mol. The largest absolute Gasteiger partial charge is 0.219 e. The Hall–Kier alpha value is 0.700. The zero-order valence-electron chi connectivity index (χ0n) is 6.51. The monoisotopic (exact) mass is 233 g/mol. The third kappa shape index (κ3) is 1.79. The number of benzene rings is 1. The summed E-state index contributed by atoms with van der Waals surface area (Å²) < 4.78 is 0. The fourth-order valence-corrected chi connectivity index (χ4v) is 11.7. The van der Waals surface area contributed by atoms with Crippen LogP contribution in [0.15, 0.2) is 30.3 Å². The van der Waals surface area contributed by atoms with Crippen LogP contribution in [0.3, 0.4) is 0 Å². The Balaban J connectivity index is 2.29. The predicted octanol–water partition coefficient (Wildman–Crippen LogP) is 3.48. The molecule has 12 heavy (non-hydrogen) atoms. The van der Waals surface area contributed by atoms with Gasteiger partial charge in [0, 0.05) is 46.5 Å². The molecule has 0 amide bonds. The van der Waals surface area contributed by atoms with Gasteiger partial charge in [0.1, 0.15) is 5.30 Å². The van der Waals surface area contributed by atoms with Crippen LogP contribution < -0.4 is 5.30 Å². The highest BCUT2D eigenvalue weighted by molar-refractivity contribution is 9.18. The van der Waals surface area contributed by atoms with Gasteiger partial charge in [0.2, 0.25) is 4.87 Å². The van der Waals surface area contributed by atoms with Gasteiger partial charge < -0.3 is 0 Å². The van der Waals surface area contributed by atoms with E-state index in [1.807, 2.05) is 22.8 Å². The van der Waals surface area contributed by atoms with Crippen molar-refractivity contribution in [3.63, 3.8) is 0 Å². The first-order valence-electron chi connectivity index (χ1n) is 3.78. The highest BCUT2D eigenvalue weighted by Crippen LogP contribution is 2.85. The summed E-state index contributed by atoms with van der Waals surface area (Å²) >= 11 is 8.88. The van der Waals surface area contributed by atoms with Crippen molar-refractivity contribution in [1.29, 1.82) is 0 Å². The smallest absolute Gasteiger partial charge is 0.0620 e. The lowest BCUT2D eigenvalue weighted by Crippen LogP contribution is -1.97. The third-order valence-corrected chi connectivity index (χ3v) is 13.5. The van der Waals surface area contributed by atoms with Gasteiger partial charge in [0.05, 0.1) is 0 Å². The van der Waals surface area contributed by atoms with E-state index < -0.39 is 4.87 Å². The highest BCUT2D eigenvalue weighted by Gasteiger charge is 2.44. The molecule has 1 aliphatic heterocycles. The second-order valence-corrected chi connectivity index (χ2v) is 14.4. The Morgan fingerprint density at radius 2 is 1.67 bits per heavy atom. The molecule has 1 aliphatic rings. The van der Waals surface area contributed by atoms with Gasteiger partial charge in [-0.05, 0) is 12.1 Å². The molecule has 1 heterocycles. The minimum Gasteiger partial charge on any atom is -0.0620 e. The van der Waals surface area contributed by atoms with Crippen LogP contribution in [0, 0.1) is 0 Å². The maximum Gasteiger partial charge on any atom is 0.219 e. The van der Waals surface area contributed by atoms with Gasteiger partial charge in [0.15, 0.2) is 0 Å². The normalized spacial score (nSPS) is 21.1. The van der Waals surface area contributed by atoms with Crippen molar-refractivity contribution in [2.24, 2.45) is 0 Å². The van der Waals surface area contributed by atoms with E-state index in [9.17, 15) is 0 Å². The van der Waals surface area contributed by atoms with Crippen LogP contribution in [-0.2, 0) is 0 Å². The number of thiol groups is 1. The summed E-state index contributed by atoms with van der Waals surface area (Å²) in [6.07, 6.45) is 0. The molecule has 0 N–H and O–H groups in total. The highest BCUT2D eigenvalue weighted by atomic mass is 33.4. The van der Waals surface area contributed by atoms with Crippen molar-refractivity contribution in [3.8, 4) is 0 Å². The molecule has 64 valence electrons. The van der Waals surface area contributed by atoms with Crippen molar-refractivity contribution >= 4 is 45.2 Å². The van der Waals surface area contributed by atoms with Crippen LogP contribution in [0.4, 0.5) is 0 Å². The maximum absolute atomic E-state index is 4.81. The lowest BCUT2D eigenvalue weighted by molar-refractivity contribution is 1.59. The number of hydrogen-bond acceptors (Lipinski definition) is 3. The van der Waals surface area contributed by atoms with E-state index in [-0.39, 0.29) is 0 Å². The van der Waals surface area contributed by atoms with Crippen molar-refractivity contribution in [3.05, 3.63) is 30.3 Å². The zero-order valence-corrected chi connectivity index (χ0v) is 9.93. The van der Waals surface area contributed by atoms with E-state index in [0.717, 1.165) is 0 Å². The molecule has 1 fully saturated rings. The lowest BCUT2D eigenvalue weighted by Gasteiger charge is -2.08. The minimum absolute atomic E-state index is 1.14. The SMILES string of the molecule is S[P+]1(c2ccccc2)SCCS1. The van der Waals surface area contributed by atoms with Gasteiger partial charge in [-0.25, -0.2) is 0 Å². The Morgan fingerprint density at radius 1 is 1.08 bits per heavy atom. The lowest BCUT2D eigenvalue weighted by atomic mass is 10.4. The molecule has 0 aromatic heterocycles. The number of rotatable bonds is 1. The molecule has 0 spiro atoms. The van der Waals surface area contributed by atoms with Gasteiger partial charge in [-0.3, -0.25) is 0 Å². The molecule has 0 unspecified atom stereocenters. The van der Waals surface area contributed by atoms with Gasteiger partial charge in [-0.2, -0.15) is 0 Å². The van der Waals surface area contributed by atoms with E-state index in [0.29, 0.717) is 0 Å². The van der Waals surface area contributed by atoms with Gasteiger partial charge >= 0.3 is 0 Å². The van der Waals surface area contributed by atoms with Crippen LogP contribution in [0.5, 0.6) is 0 Å². The van der Waals surface area contributed by atoms with Crippen LogP contribution in [0.25, 0.3) is 0 Å². The van der Waals surface area contributed by atoms with E-state index >= 15 is 0 Å². The Kier molecular flexibility index (Phi) is 2.96. The average Bonchev–Trinajstić information content (AvgIpc) is 2.55. The summed E-state index contributed by atoms with van der Waals surface area (Å²) in [5.41, 5.74) is 0. The van der Waals surface area contributed by atoms with Crippen LogP contribution in [-0.4, -0.2) is 11.5 Å². The third-order valence-electron chi connectivity index (χ3n) is 1.70. The molecule has 1 aromatic rings. The number of hydrogen-bond donors (Lipinski definition) is 1. The molecule has 0 atom stereocenters. The topological polar surface area (TPSA) is 0 Å². The molecule has 0 nitrogen and oxygen atoms in total. The fraction of sp³-hybridized carbons (Fsp3) is 0.250. The van der Waals surface area contributed by atoms with Crippen molar-refractivity contribution in [2.75, 3.05) is 11.5 Å². The van der Waals surface area contributed by atoms with Crippen molar-refractivity contribution in [1.82, 2.24) is 0 Å². The van der Waals surface area contributed by atoms with E-state index in [2.05, 4.69) is 30.3 Å². The second-order valence-electron chi connectivity index (χ2n) is 2.52. The van der Waals surface area contributed by atoms with Crippen molar-refractivity contribution < 1.29 is 0 Å². The van der Waals surface area contributed by atoms with Gasteiger partial charge in [0.25, 0.3) is 0 Å². The first-order chi connectivity index (χ1) is 5.81. The Labute approximate surface area is 86.9 Å². The minimum atomic E-state index is -1.14. The molecule has 0 bridgehead atoms. The molecule has 0 saturated carbocycles. The molecular weight excluding hydrogens is 223 g/mol. The molecule has 4 heteroatoms. The van der Waals surface area contributed by atoms with Crippen LogP contribution >= 0.6 is 39.9 Å².